The molecule has 0 fully saturated rings. The van der Waals surface area contributed by atoms with Crippen molar-refractivity contribution in [3.63, 3.8) is 0 Å². The normalized spacial score (nSPS) is 13.2. The smallest absolute Gasteiger partial charge is 0.258 e. The summed E-state index contributed by atoms with van der Waals surface area (Å²) in [4.78, 5) is 25.3. The van der Waals surface area contributed by atoms with E-state index in [9.17, 15) is 9.59 Å². The number of anilines is 2. The van der Waals surface area contributed by atoms with Gasteiger partial charge < -0.3 is 20.2 Å². The molecule has 0 saturated carbocycles. The number of hydrogen-bond donors (Lipinski definition) is 2. The summed E-state index contributed by atoms with van der Waals surface area (Å²) in [6.07, 6.45) is 1.39. The van der Waals surface area contributed by atoms with Gasteiger partial charge in [-0.1, -0.05) is 37.7 Å². The molecule has 1 atom stereocenters. The summed E-state index contributed by atoms with van der Waals surface area (Å²) in [5.41, 5.74) is 2.01. The van der Waals surface area contributed by atoms with E-state index in [2.05, 4.69) is 16.7 Å². The molecule has 0 radical (unpaired) electrons. The van der Waals surface area contributed by atoms with Crippen LogP contribution in [0.4, 0.5) is 11.4 Å². The van der Waals surface area contributed by atoms with Crippen LogP contribution in [-0.4, -0.2) is 24.8 Å². The van der Waals surface area contributed by atoms with Crippen LogP contribution in [0.2, 0.25) is 0 Å². The van der Waals surface area contributed by atoms with Crippen LogP contribution >= 0.6 is 11.8 Å². The van der Waals surface area contributed by atoms with E-state index >= 15 is 0 Å². The molecule has 0 spiro atoms. The summed E-state index contributed by atoms with van der Waals surface area (Å²) in [5, 5.41) is 6.08. The van der Waals surface area contributed by atoms with Gasteiger partial charge in [-0.3, -0.25) is 4.79 Å². The van der Waals surface area contributed by atoms with Crippen molar-refractivity contribution < 1.29 is 14.3 Å². The molecule has 0 aromatic heterocycles. The van der Waals surface area contributed by atoms with Gasteiger partial charge in [-0.2, -0.15) is 0 Å². The molecular weight excluding hydrogens is 348 g/mol. The average molecular weight is 370 g/mol. The van der Waals surface area contributed by atoms with Crippen molar-refractivity contribution in [3.8, 4) is 5.75 Å². The van der Waals surface area contributed by atoms with Gasteiger partial charge in [0.05, 0.1) is 17.4 Å². The molecule has 1 amide bonds. The molecule has 2 aromatic carbocycles. The third kappa shape index (κ3) is 4.58. The molecular formula is C20H22N2O3S. The van der Waals surface area contributed by atoms with Gasteiger partial charge in [0.2, 0.25) is 0 Å². The van der Waals surface area contributed by atoms with E-state index in [0.717, 1.165) is 22.6 Å². The monoisotopic (exact) mass is 370 g/mol. The Morgan fingerprint density at radius 1 is 1.19 bits per heavy atom. The zero-order valence-electron chi connectivity index (χ0n) is 14.8. The van der Waals surface area contributed by atoms with Crippen molar-refractivity contribution in [2.75, 3.05) is 11.9 Å². The molecule has 136 valence electrons. The predicted molar refractivity (Wildman–Crippen MR) is 103 cm³/mol. The van der Waals surface area contributed by atoms with Crippen LogP contribution in [-0.2, 0) is 9.59 Å². The van der Waals surface area contributed by atoms with Gasteiger partial charge in [0.25, 0.3) is 5.91 Å². The van der Waals surface area contributed by atoms with E-state index in [0.29, 0.717) is 18.1 Å². The van der Waals surface area contributed by atoms with Crippen molar-refractivity contribution in [2.45, 2.75) is 36.1 Å². The van der Waals surface area contributed by atoms with Gasteiger partial charge in [0.1, 0.15) is 12.0 Å². The van der Waals surface area contributed by atoms with Crippen molar-refractivity contribution in [1.82, 2.24) is 5.32 Å². The van der Waals surface area contributed by atoms with Crippen molar-refractivity contribution in [3.05, 3.63) is 42.5 Å². The summed E-state index contributed by atoms with van der Waals surface area (Å²) in [6, 6.07) is 13.3. The van der Waals surface area contributed by atoms with Crippen molar-refractivity contribution >= 4 is 35.3 Å². The first-order valence-electron chi connectivity index (χ1n) is 8.60. The van der Waals surface area contributed by atoms with Crippen LogP contribution in [0, 0.1) is 5.92 Å². The molecule has 6 heteroatoms. The van der Waals surface area contributed by atoms with Crippen molar-refractivity contribution in [2.24, 2.45) is 5.92 Å². The highest BCUT2D eigenvalue weighted by Gasteiger charge is 2.17. The number of benzene rings is 2. The first kappa shape index (κ1) is 18.3. The second kappa shape index (κ2) is 8.27. The van der Waals surface area contributed by atoms with Gasteiger partial charge in [-0.15, -0.1) is 0 Å². The van der Waals surface area contributed by atoms with Crippen LogP contribution in [0.1, 0.15) is 20.3 Å². The standard InChI is InChI=1S/C20H22N2O3S/c1-13(2)9-14(11-23)21-20(24)12-25-15-7-8-19-17(10-15)22-16-5-3-4-6-18(16)26-19/h3-8,10-11,13-14,22H,9,12H2,1-2H3,(H,21,24)/t14-/m0/s1. The van der Waals surface area contributed by atoms with Gasteiger partial charge in [-0.05, 0) is 36.6 Å². The van der Waals surface area contributed by atoms with Gasteiger partial charge >= 0.3 is 0 Å². The maximum Gasteiger partial charge on any atom is 0.258 e. The first-order valence-corrected chi connectivity index (χ1v) is 9.42. The fourth-order valence-corrected chi connectivity index (χ4v) is 3.73. The zero-order chi connectivity index (χ0) is 18.5. The van der Waals surface area contributed by atoms with Crippen LogP contribution in [0.25, 0.3) is 0 Å². The second-order valence-corrected chi connectivity index (χ2v) is 7.69. The largest absolute Gasteiger partial charge is 0.484 e. The minimum atomic E-state index is -0.468. The second-order valence-electron chi connectivity index (χ2n) is 6.61. The summed E-state index contributed by atoms with van der Waals surface area (Å²) in [7, 11) is 0. The highest BCUT2D eigenvalue weighted by atomic mass is 32.2. The molecule has 0 saturated heterocycles. The molecule has 5 nitrogen and oxygen atoms in total. The molecule has 1 heterocycles. The topological polar surface area (TPSA) is 67.4 Å². The molecule has 0 aliphatic carbocycles. The van der Waals surface area contributed by atoms with E-state index in [4.69, 9.17) is 4.74 Å². The molecule has 0 unspecified atom stereocenters. The Morgan fingerprint density at radius 2 is 1.96 bits per heavy atom. The van der Waals surface area contributed by atoms with E-state index in [1.807, 2.05) is 50.2 Å². The fraction of sp³-hybridized carbons (Fsp3) is 0.300. The number of aldehydes is 1. The Labute approximate surface area is 157 Å². The molecule has 3 rings (SSSR count). The number of carbonyl (C=O) groups is 2. The summed E-state index contributed by atoms with van der Waals surface area (Å²) in [5.74, 6) is 0.643. The average Bonchev–Trinajstić information content (AvgIpc) is 2.63. The summed E-state index contributed by atoms with van der Waals surface area (Å²) < 4.78 is 5.59. The molecule has 0 bridgehead atoms. The zero-order valence-corrected chi connectivity index (χ0v) is 15.6. The van der Waals surface area contributed by atoms with Gasteiger partial charge in [-0.25, -0.2) is 0 Å². The lowest BCUT2D eigenvalue weighted by Gasteiger charge is -2.21. The van der Waals surface area contributed by atoms with Crippen LogP contribution < -0.4 is 15.4 Å². The van der Waals surface area contributed by atoms with Gasteiger partial charge in [0, 0.05) is 15.9 Å². The Hall–Kier alpha value is -2.47. The maximum absolute atomic E-state index is 12.0. The lowest BCUT2D eigenvalue weighted by molar-refractivity contribution is -0.125. The predicted octanol–water partition coefficient (Wildman–Crippen LogP) is 4.00. The van der Waals surface area contributed by atoms with Crippen LogP contribution in [0.15, 0.2) is 52.3 Å². The lowest BCUT2D eigenvalue weighted by atomic mass is 10.1. The van der Waals surface area contributed by atoms with Crippen molar-refractivity contribution in [1.29, 1.82) is 0 Å². The molecule has 2 N–H and O–H groups in total. The Kier molecular flexibility index (Phi) is 5.83. The highest BCUT2D eigenvalue weighted by molar-refractivity contribution is 7.99. The molecule has 1 aliphatic heterocycles. The first-order chi connectivity index (χ1) is 12.5. The van der Waals surface area contributed by atoms with E-state index < -0.39 is 6.04 Å². The van der Waals surface area contributed by atoms with Crippen LogP contribution in [0.3, 0.4) is 0 Å². The number of ether oxygens (including phenoxy) is 1. The molecule has 26 heavy (non-hydrogen) atoms. The van der Waals surface area contributed by atoms with E-state index in [1.54, 1.807) is 11.8 Å². The minimum Gasteiger partial charge on any atom is -0.484 e. The number of nitrogens with one attached hydrogen (secondary N) is 2. The third-order valence-corrected chi connectivity index (χ3v) is 5.09. The third-order valence-electron chi connectivity index (χ3n) is 3.93. The Balaban J connectivity index is 1.58. The minimum absolute atomic E-state index is 0.120. The SMILES string of the molecule is CC(C)C[C@@H](C=O)NC(=O)COc1ccc2c(c1)Nc1ccccc1S2. The van der Waals surface area contributed by atoms with Crippen LogP contribution in [0.5, 0.6) is 5.75 Å². The Morgan fingerprint density at radius 3 is 2.73 bits per heavy atom. The highest BCUT2D eigenvalue weighted by Crippen LogP contribution is 2.44. The maximum atomic E-state index is 12.0. The quantitative estimate of drug-likeness (QED) is 0.615. The fourth-order valence-electron chi connectivity index (χ4n) is 2.76. The molecule has 2 aromatic rings. The number of para-hydroxylation sites is 1. The number of amides is 1. The summed E-state index contributed by atoms with van der Waals surface area (Å²) >= 11 is 1.70. The Bertz CT molecular complexity index is 807. The number of fused-ring (bicyclic) bond motifs is 2. The number of carbonyl (C=O) groups excluding carboxylic acids is 2. The number of hydrogen-bond acceptors (Lipinski definition) is 5. The van der Waals surface area contributed by atoms with E-state index in [-0.39, 0.29) is 12.5 Å². The molecule has 1 aliphatic rings. The number of rotatable bonds is 7. The van der Waals surface area contributed by atoms with E-state index in [1.165, 1.54) is 4.90 Å². The summed E-state index contributed by atoms with van der Waals surface area (Å²) in [6.45, 7) is 3.90. The van der Waals surface area contributed by atoms with Gasteiger partial charge in [0.15, 0.2) is 6.61 Å². The lowest BCUT2D eigenvalue weighted by Crippen LogP contribution is -2.39.